The van der Waals surface area contributed by atoms with Gasteiger partial charge in [-0.1, -0.05) is 30.3 Å². The van der Waals surface area contributed by atoms with Gasteiger partial charge < -0.3 is 10.4 Å². The summed E-state index contributed by atoms with van der Waals surface area (Å²) in [5.74, 6) is -0.793. The van der Waals surface area contributed by atoms with E-state index in [1.165, 1.54) is 0 Å². The van der Waals surface area contributed by atoms with E-state index in [4.69, 9.17) is 5.11 Å². The summed E-state index contributed by atoms with van der Waals surface area (Å²) in [4.78, 5) is 24.2. The van der Waals surface area contributed by atoms with Crippen molar-refractivity contribution in [2.75, 3.05) is 13.1 Å². The molecule has 19 heavy (non-hydrogen) atoms. The first-order valence-electron chi connectivity index (χ1n) is 6.41. The molecule has 1 heterocycles. The summed E-state index contributed by atoms with van der Waals surface area (Å²) in [5.41, 5.74) is 1.14. The maximum atomic E-state index is 11.5. The van der Waals surface area contributed by atoms with E-state index in [0.29, 0.717) is 26.1 Å². The lowest BCUT2D eigenvalue weighted by atomic mass is 10.1. The van der Waals surface area contributed by atoms with Crippen molar-refractivity contribution in [1.82, 2.24) is 10.2 Å². The Balaban J connectivity index is 1.99. The first kappa shape index (κ1) is 13.5. The van der Waals surface area contributed by atoms with E-state index in [1.807, 2.05) is 30.3 Å². The van der Waals surface area contributed by atoms with Crippen LogP contribution in [0.25, 0.3) is 0 Å². The van der Waals surface area contributed by atoms with Crippen molar-refractivity contribution in [2.45, 2.75) is 25.4 Å². The number of hydrogen-bond acceptors (Lipinski definition) is 3. The molecule has 0 radical (unpaired) electrons. The maximum absolute atomic E-state index is 11.5. The van der Waals surface area contributed by atoms with Crippen molar-refractivity contribution in [2.24, 2.45) is 0 Å². The predicted octanol–water partition coefficient (Wildman–Crippen LogP) is 0.852. The molecule has 1 unspecified atom stereocenters. The smallest absolute Gasteiger partial charge is 0.303 e. The molecule has 1 aliphatic rings. The molecule has 5 heteroatoms. The molecule has 0 aromatic heterocycles. The van der Waals surface area contributed by atoms with Crippen molar-refractivity contribution in [3.63, 3.8) is 0 Å². The molecule has 102 valence electrons. The Morgan fingerprint density at radius 3 is 2.79 bits per heavy atom. The topological polar surface area (TPSA) is 69.6 Å². The molecule has 1 saturated heterocycles. The van der Waals surface area contributed by atoms with Crippen LogP contribution in [0.4, 0.5) is 0 Å². The van der Waals surface area contributed by atoms with Gasteiger partial charge in [0.1, 0.15) is 0 Å². The van der Waals surface area contributed by atoms with Gasteiger partial charge in [-0.25, -0.2) is 0 Å². The van der Waals surface area contributed by atoms with Crippen molar-refractivity contribution in [3.05, 3.63) is 35.9 Å². The highest BCUT2D eigenvalue weighted by Gasteiger charge is 2.26. The quantitative estimate of drug-likeness (QED) is 0.825. The number of benzene rings is 1. The van der Waals surface area contributed by atoms with E-state index < -0.39 is 5.97 Å². The number of hydrogen-bond donors (Lipinski definition) is 2. The van der Waals surface area contributed by atoms with Crippen molar-refractivity contribution >= 4 is 11.9 Å². The van der Waals surface area contributed by atoms with Gasteiger partial charge in [0.05, 0.1) is 6.54 Å². The second-order valence-corrected chi connectivity index (χ2v) is 4.78. The average molecular weight is 262 g/mol. The van der Waals surface area contributed by atoms with Crippen LogP contribution < -0.4 is 5.32 Å². The third kappa shape index (κ3) is 4.06. The number of carbonyl (C=O) groups is 2. The molecule has 1 aromatic carbocycles. The van der Waals surface area contributed by atoms with Gasteiger partial charge in [0, 0.05) is 25.6 Å². The number of nitrogens with zero attached hydrogens (tertiary/aromatic N) is 1. The summed E-state index contributed by atoms with van der Waals surface area (Å²) in [7, 11) is 0. The van der Waals surface area contributed by atoms with E-state index in [-0.39, 0.29) is 18.4 Å². The lowest BCUT2D eigenvalue weighted by Crippen LogP contribution is -2.53. The normalized spacial score (nSPS) is 20.0. The van der Waals surface area contributed by atoms with Crippen LogP contribution in [0.2, 0.25) is 0 Å². The minimum absolute atomic E-state index is 0.00232. The fraction of sp³-hybridized carbons (Fsp3) is 0.429. The fourth-order valence-electron chi connectivity index (χ4n) is 2.31. The highest BCUT2D eigenvalue weighted by Crippen LogP contribution is 2.14. The molecule has 0 aliphatic carbocycles. The van der Waals surface area contributed by atoms with Gasteiger partial charge in [0.25, 0.3) is 0 Å². The van der Waals surface area contributed by atoms with Gasteiger partial charge in [0.15, 0.2) is 0 Å². The van der Waals surface area contributed by atoms with E-state index in [9.17, 15) is 9.59 Å². The summed E-state index contributed by atoms with van der Waals surface area (Å²) >= 11 is 0. The first-order chi connectivity index (χ1) is 9.15. The van der Waals surface area contributed by atoms with Gasteiger partial charge in [0.2, 0.25) is 5.91 Å². The Hall–Kier alpha value is -1.88. The summed E-state index contributed by atoms with van der Waals surface area (Å²) in [5, 5.41) is 11.6. The zero-order valence-electron chi connectivity index (χ0n) is 10.7. The molecular weight excluding hydrogens is 244 g/mol. The number of carboxylic acids is 1. The van der Waals surface area contributed by atoms with Gasteiger partial charge in [-0.3, -0.25) is 14.5 Å². The Bertz CT molecular complexity index is 447. The molecule has 0 saturated carbocycles. The van der Waals surface area contributed by atoms with Crippen LogP contribution >= 0.6 is 0 Å². The van der Waals surface area contributed by atoms with Crippen LogP contribution in [-0.4, -0.2) is 41.0 Å². The average Bonchev–Trinajstić information content (AvgIpc) is 2.39. The summed E-state index contributed by atoms with van der Waals surface area (Å²) in [6.45, 7) is 1.54. The summed E-state index contributed by atoms with van der Waals surface area (Å²) < 4.78 is 0. The number of aliphatic carboxylic acids is 1. The van der Waals surface area contributed by atoms with Gasteiger partial charge in [-0.15, -0.1) is 0 Å². The number of carbonyl (C=O) groups excluding carboxylic acids is 1. The minimum Gasteiger partial charge on any atom is -0.481 e. The highest BCUT2D eigenvalue weighted by atomic mass is 16.4. The number of nitrogens with one attached hydrogen (secondary N) is 1. The Kier molecular flexibility index (Phi) is 4.52. The molecule has 1 fully saturated rings. The number of amides is 1. The van der Waals surface area contributed by atoms with Crippen LogP contribution in [0.5, 0.6) is 0 Å². The predicted molar refractivity (Wildman–Crippen MR) is 70.5 cm³/mol. The molecule has 0 spiro atoms. The largest absolute Gasteiger partial charge is 0.481 e. The molecule has 1 aromatic rings. The van der Waals surface area contributed by atoms with Crippen LogP contribution in [-0.2, 0) is 16.1 Å². The van der Waals surface area contributed by atoms with Crippen molar-refractivity contribution in [3.8, 4) is 0 Å². The van der Waals surface area contributed by atoms with Crippen molar-refractivity contribution < 1.29 is 14.7 Å². The zero-order valence-corrected chi connectivity index (χ0v) is 10.7. The van der Waals surface area contributed by atoms with Gasteiger partial charge >= 0.3 is 5.97 Å². The van der Waals surface area contributed by atoms with E-state index >= 15 is 0 Å². The second kappa shape index (κ2) is 6.33. The molecule has 2 rings (SSSR count). The highest BCUT2D eigenvalue weighted by molar-refractivity contribution is 5.79. The Labute approximate surface area is 112 Å². The molecular formula is C14H18N2O3. The van der Waals surface area contributed by atoms with Crippen LogP contribution in [0.3, 0.4) is 0 Å². The summed E-state index contributed by atoms with van der Waals surface area (Å²) in [6, 6.07) is 10.0. The third-order valence-electron chi connectivity index (χ3n) is 3.32. The molecule has 2 N–H and O–H groups in total. The Morgan fingerprint density at radius 1 is 1.37 bits per heavy atom. The van der Waals surface area contributed by atoms with Crippen LogP contribution in [0.1, 0.15) is 18.4 Å². The maximum Gasteiger partial charge on any atom is 0.303 e. The SMILES string of the molecule is O=C(O)CCC1CNC(=O)CN1Cc1ccccc1. The van der Waals surface area contributed by atoms with Crippen molar-refractivity contribution in [1.29, 1.82) is 0 Å². The minimum atomic E-state index is -0.795. The van der Waals surface area contributed by atoms with Gasteiger partial charge in [-0.2, -0.15) is 0 Å². The van der Waals surface area contributed by atoms with E-state index in [2.05, 4.69) is 10.2 Å². The number of rotatable bonds is 5. The second-order valence-electron chi connectivity index (χ2n) is 4.78. The molecule has 1 aliphatic heterocycles. The lowest BCUT2D eigenvalue weighted by molar-refractivity contribution is -0.137. The first-order valence-corrected chi connectivity index (χ1v) is 6.41. The monoisotopic (exact) mass is 262 g/mol. The number of piperazine rings is 1. The summed E-state index contributed by atoms with van der Waals surface area (Å²) in [6.07, 6.45) is 0.689. The van der Waals surface area contributed by atoms with Crippen LogP contribution in [0.15, 0.2) is 30.3 Å². The molecule has 5 nitrogen and oxygen atoms in total. The lowest BCUT2D eigenvalue weighted by Gasteiger charge is -2.35. The Morgan fingerprint density at radius 2 is 2.11 bits per heavy atom. The molecule has 1 atom stereocenters. The van der Waals surface area contributed by atoms with E-state index in [1.54, 1.807) is 0 Å². The third-order valence-corrected chi connectivity index (χ3v) is 3.32. The molecule has 0 bridgehead atoms. The van der Waals surface area contributed by atoms with Gasteiger partial charge in [-0.05, 0) is 12.0 Å². The number of carboxylic acid groups (broad SMARTS) is 1. The fourth-order valence-corrected chi connectivity index (χ4v) is 2.31. The van der Waals surface area contributed by atoms with Crippen LogP contribution in [0, 0.1) is 0 Å². The van der Waals surface area contributed by atoms with E-state index in [0.717, 1.165) is 5.56 Å². The standard InChI is InChI=1S/C14H18N2O3/c17-13-10-16(9-11-4-2-1-3-5-11)12(8-15-13)6-7-14(18)19/h1-5,12H,6-10H2,(H,15,17)(H,18,19). The zero-order chi connectivity index (χ0) is 13.7. The molecule has 1 amide bonds.